The molecule has 2 heterocycles. The second-order valence-electron chi connectivity index (χ2n) is 6.27. The van der Waals surface area contributed by atoms with Gasteiger partial charge in [-0.15, -0.1) is 0 Å². The van der Waals surface area contributed by atoms with Crippen molar-refractivity contribution in [1.82, 2.24) is 9.80 Å². The molecule has 0 saturated carbocycles. The molecule has 2 unspecified atom stereocenters. The van der Waals surface area contributed by atoms with Crippen LogP contribution in [0.1, 0.15) is 40.5 Å². The molecule has 0 aromatic heterocycles. The van der Waals surface area contributed by atoms with E-state index < -0.39 is 0 Å². The predicted molar refractivity (Wildman–Crippen MR) is 78.4 cm³/mol. The Morgan fingerprint density at radius 2 is 2.11 bits per heavy atom. The van der Waals surface area contributed by atoms with Crippen LogP contribution in [-0.2, 0) is 0 Å². The number of hydrogen-bond donors (Lipinski definition) is 0. The molecule has 0 radical (unpaired) electrons. The van der Waals surface area contributed by atoms with Crippen LogP contribution in [0.15, 0.2) is 4.99 Å². The highest BCUT2D eigenvalue weighted by molar-refractivity contribution is 5.82. The Kier molecular flexibility index (Phi) is 4.79. The first-order chi connectivity index (χ1) is 8.61. The summed E-state index contributed by atoms with van der Waals surface area (Å²) in [7, 11) is 0. The summed E-state index contributed by atoms with van der Waals surface area (Å²) in [6.45, 7) is 14.9. The standard InChI is InChI=1S/C15H29N3/c1-5-17-8-6-14-15(11-17)18(14)9-7-16-13(4)10-12(2)3/h12,14-15H,5-11H2,1-4H3/t14-,15?,18?/m1/s1. The lowest BCUT2D eigenvalue weighted by Crippen LogP contribution is -2.34. The maximum Gasteiger partial charge on any atom is 0.0516 e. The lowest BCUT2D eigenvalue weighted by molar-refractivity contribution is 0.261. The summed E-state index contributed by atoms with van der Waals surface area (Å²) in [5.41, 5.74) is 1.32. The van der Waals surface area contributed by atoms with Crippen molar-refractivity contribution in [1.29, 1.82) is 0 Å². The van der Waals surface area contributed by atoms with Crippen LogP contribution in [0.2, 0.25) is 0 Å². The summed E-state index contributed by atoms with van der Waals surface area (Å²) >= 11 is 0. The maximum atomic E-state index is 4.70. The van der Waals surface area contributed by atoms with Gasteiger partial charge in [-0.3, -0.25) is 9.89 Å². The highest BCUT2D eigenvalue weighted by Crippen LogP contribution is 2.34. The van der Waals surface area contributed by atoms with E-state index >= 15 is 0 Å². The number of piperidine rings is 1. The van der Waals surface area contributed by atoms with Crippen LogP contribution < -0.4 is 0 Å². The number of likely N-dealkylation sites (N-methyl/N-ethyl adjacent to an activating group) is 1. The van der Waals surface area contributed by atoms with Gasteiger partial charge in [0, 0.05) is 30.9 Å². The first-order valence-corrected chi connectivity index (χ1v) is 7.59. The van der Waals surface area contributed by atoms with Gasteiger partial charge < -0.3 is 4.90 Å². The predicted octanol–water partition coefficient (Wildman–Crippen LogP) is 2.27. The van der Waals surface area contributed by atoms with Crippen molar-refractivity contribution in [3.63, 3.8) is 0 Å². The Bertz CT molecular complexity index is 298. The molecule has 3 nitrogen and oxygen atoms in total. The molecule has 3 heteroatoms. The molecule has 2 rings (SSSR count). The van der Waals surface area contributed by atoms with Crippen molar-refractivity contribution in [2.75, 3.05) is 32.7 Å². The number of aliphatic imine (C=N–C) groups is 1. The van der Waals surface area contributed by atoms with Crippen molar-refractivity contribution >= 4 is 5.71 Å². The molecule has 3 atom stereocenters. The van der Waals surface area contributed by atoms with Crippen LogP contribution in [0.3, 0.4) is 0 Å². The molecule has 0 aromatic carbocycles. The third-order valence-corrected chi connectivity index (χ3v) is 4.28. The smallest absolute Gasteiger partial charge is 0.0516 e. The molecule has 0 aliphatic carbocycles. The largest absolute Gasteiger partial charge is 0.302 e. The zero-order chi connectivity index (χ0) is 13.1. The van der Waals surface area contributed by atoms with Crippen LogP contribution in [0.4, 0.5) is 0 Å². The normalized spacial score (nSPS) is 32.7. The van der Waals surface area contributed by atoms with E-state index in [9.17, 15) is 0 Å². The SMILES string of the molecule is CCN1CC[C@@H]2C(C1)N2CCN=C(C)CC(C)C. The van der Waals surface area contributed by atoms with Gasteiger partial charge in [0.15, 0.2) is 0 Å². The summed E-state index contributed by atoms with van der Waals surface area (Å²) in [5.74, 6) is 0.732. The fourth-order valence-electron chi connectivity index (χ4n) is 3.28. The van der Waals surface area contributed by atoms with Crippen molar-refractivity contribution in [3.8, 4) is 0 Å². The van der Waals surface area contributed by atoms with Gasteiger partial charge in [-0.25, -0.2) is 0 Å². The van der Waals surface area contributed by atoms with Gasteiger partial charge in [-0.2, -0.15) is 0 Å². The molecule has 104 valence electrons. The van der Waals surface area contributed by atoms with Crippen LogP contribution in [0.25, 0.3) is 0 Å². The van der Waals surface area contributed by atoms with Gasteiger partial charge in [0.2, 0.25) is 0 Å². The van der Waals surface area contributed by atoms with Crippen LogP contribution in [0, 0.1) is 5.92 Å². The highest BCUT2D eigenvalue weighted by atomic mass is 15.4. The highest BCUT2D eigenvalue weighted by Gasteiger charge is 2.49. The van der Waals surface area contributed by atoms with Crippen molar-refractivity contribution in [2.45, 2.75) is 52.6 Å². The molecule has 2 aliphatic rings. The van der Waals surface area contributed by atoms with Crippen LogP contribution >= 0.6 is 0 Å². The van der Waals surface area contributed by atoms with Gasteiger partial charge in [-0.05, 0) is 38.8 Å². The number of rotatable bonds is 6. The lowest BCUT2D eigenvalue weighted by Gasteiger charge is -2.22. The summed E-state index contributed by atoms with van der Waals surface area (Å²) in [5, 5.41) is 0. The van der Waals surface area contributed by atoms with E-state index in [0.717, 1.165) is 31.0 Å². The molecular formula is C15H29N3. The third-order valence-electron chi connectivity index (χ3n) is 4.28. The molecular weight excluding hydrogens is 222 g/mol. The van der Waals surface area contributed by atoms with E-state index in [1.807, 2.05) is 0 Å². The van der Waals surface area contributed by atoms with Gasteiger partial charge in [0.25, 0.3) is 0 Å². The number of nitrogens with zero attached hydrogens (tertiary/aromatic N) is 3. The van der Waals surface area contributed by atoms with Gasteiger partial charge in [0.1, 0.15) is 0 Å². The van der Waals surface area contributed by atoms with E-state index in [4.69, 9.17) is 4.99 Å². The zero-order valence-corrected chi connectivity index (χ0v) is 12.5. The fourth-order valence-corrected chi connectivity index (χ4v) is 3.28. The molecule has 2 saturated heterocycles. The summed E-state index contributed by atoms with van der Waals surface area (Å²) in [6, 6.07) is 1.73. The molecule has 0 spiro atoms. The molecule has 0 amide bonds. The third kappa shape index (κ3) is 3.55. The Labute approximate surface area is 112 Å². The maximum absolute atomic E-state index is 4.70. The van der Waals surface area contributed by atoms with Crippen molar-refractivity contribution < 1.29 is 0 Å². The Morgan fingerprint density at radius 1 is 1.33 bits per heavy atom. The van der Waals surface area contributed by atoms with E-state index in [2.05, 4.69) is 37.5 Å². The average Bonchev–Trinajstić information content (AvgIpc) is 3.00. The quantitative estimate of drug-likeness (QED) is 0.533. The summed E-state index contributed by atoms with van der Waals surface area (Å²) < 4.78 is 0. The van der Waals surface area contributed by atoms with Gasteiger partial charge in [0.05, 0.1) is 6.54 Å². The molecule has 0 bridgehead atoms. The Morgan fingerprint density at radius 3 is 2.78 bits per heavy atom. The lowest BCUT2D eigenvalue weighted by atomic mass is 10.1. The first-order valence-electron chi connectivity index (χ1n) is 7.59. The van der Waals surface area contributed by atoms with Crippen molar-refractivity contribution in [3.05, 3.63) is 0 Å². The van der Waals surface area contributed by atoms with Crippen molar-refractivity contribution in [2.24, 2.45) is 10.9 Å². The molecule has 2 fully saturated rings. The van der Waals surface area contributed by atoms with E-state index in [-0.39, 0.29) is 0 Å². The number of fused-ring (bicyclic) bond motifs is 1. The number of hydrogen-bond acceptors (Lipinski definition) is 3. The van der Waals surface area contributed by atoms with Gasteiger partial charge in [-0.1, -0.05) is 20.8 Å². The average molecular weight is 251 g/mol. The van der Waals surface area contributed by atoms with E-state index in [1.54, 1.807) is 0 Å². The van der Waals surface area contributed by atoms with Crippen LogP contribution in [-0.4, -0.2) is 60.3 Å². The van der Waals surface area contributed by atoms with Gasteiger partial charge >= 0.3 is 0 Å². The molecule has 0 N–H and O–H groups in total. The Balaban J connectivity index is 1.67. The van der Waals surface area contributed by atoms with Crippen LogP contribution in [0.5, 0.6) is 0 Å². The molecule has 0 aromatic rings. The minimum absolute atomic E-state index is 0.732. The topological polar surface area (TPSA) is 18.6 Å². The summed E-state index contributed by atoms with van der Waals surface area (Å²) in [6.07, 6.45) is 2.52. The van der Waals surface area contributed by atoms with E-state index in [0.29, 0.717) is 0 Å². The minimum Gasteiger partial charge on any atom is -0.302 e. The minimum atomic E-state index is 0.732. The summed E-state index contributed by atoms with van der Waals surface area (Å²) in [4.78, 5) is 9.94. The second kappa shape index (κ2) is 6.16. The van der Waals surface area contributed by atoms with E-state index in [1.165, 1.54) is 38.3 Å². The first kappa shape index (κ1) is 14.0. The number of likely N-dealkylation sites (tertiary alicyclic amines) is 1. The second-order valence-corrected chi connectivity index (χ2v) is 6.27. The zero-order valence-electron chi connectivity index (χ0n) is 12.5. The fraction of sp³-hybridized carbons (Fsp3) is 0.933. The monoisotopic (exact) mass is 251 g/mol. The Hall–Kier alpha value is -0.410. The molecule has 2 aliphatic heterocycles. The molecule has 18 heavy (non-hydrogen) atoms.